The molecule has 4 nitrogen and oxygen atoms in total. The van der Waals surface area contributed by atoms with Crippen molar-refractivity contribution >= 4 is 37.9 Å². The average molecular weight is 577 g/mol. The van der Waals surface area contributed by atoms with Crippen molar-refractivity contribution in [3.8, 4) is 0 Å². The Balaban J connectivity index is 1.59. The van der Waals surface area contributed by atoms with Gasteiger partial charge in [0, 0.05) is 29.1 Å². The molecule has 206 valence electrons. The molecule has 0 bridgehead atoms. The van der Waals surface area contributed by atoms with Crippen LogP contribution < -0.4 is 0 Å². The standard InChI is InChI=1S/C32H40N2O2S2Si/c1-32(2,3)39(4,5)36-21-22-37-25-29-30(38-28-19-13-8-14-20-28)34(24-27-17-11-7-12-18-27)31(35)33(29)23-26-15-9-6-10-16-26/h6-22,29-30H,23-25H2,1-5H3/b22-21-/t29-,30?/m0/s1. The van der Waals surface area contributed by atoms with E-state index in [9.17, 15) is 4.79 Å². The van der Waals surface area contributed by atoms with Gasteiger partial charge in [-0.25, -0.2) is 4.79 Å². The van der Waals surface area contributed by atoms with Gasteiger partial charge in [0.25, 0.3) is 0 Å². The highest BCUT2D eigenvalue weighted by atomic mass is 32.2. The maximum atomic E-state index is 14.0. The van der Waals surface area contributed by atoms with Crippen LogP contribution in [0.1, 0.15) is 31.9 Å². The molecule has 1 fully saturated rings. The van der Waals surface area contributed by atoms with Gasteiger partial charge in [-0.1, -0.05) is 111 Å². The van der Waals surface area contributed by atoms with Crippen LogP contribution in [0.5, 0.6) is 0 Å². The Morgan fingerprint density at radius 3 is 1.87 bits per heavy atom. The second-order valence-electron chi connectivity index (χ2n) is 11.4. The first-order chi connectivity index (χ1) is 18.7. The van der Waals surface area contributed by atoms with E-state index in [2.05, 4.69) is 97.6 Å². The number of thioether (sulfide) groups is 2. The first-order valence-electron chi connectivity index (χ1n) is 13.5. The summed E-state index contributed by atoms with van der Waals surface area (Å²) in [5.74, 6) is 0.783. The lowest BCUT2D eigenvalue weighted by Gasteiger charge is -2.34. The van der Waals surface area contributed by atoms with Crippen LogP contribution in [-0.2, 0) is 17.5 Å². The van der Waals surface area contributed by atoms with Crippen molar-refractivity contribution in [1.82, 2.24) is 9.80 Å². The van der Waals surface area contributed by atoms with Gasteiger partial charge < -0.3 is 14.2 Å². The quantitative estimate of drug-likeness (QED) is 0.169. The number of carbonyl (C=O) groups is 1. The maximum Gasteiger partial charge on any atom is 0.321 e. The molecule has 0 N–H and O–H groups in total. The van der Waals surface area contributed by atoms with Crippen molar-refractivity contribution in [2.45, 2.75) is 68.3 Å². The minimum Gasteiger partial charge on any atom is -0.548 e. The maximum absolute atomic E-state index is 14.0. The molecule has 3 aromatic carbocycles. The molecule has 2 amide bonds. The van der Waals surface area contributed by atoms with Crippen LogP contribution in [0.4, 0.5) is 4.79 Å². The minimum absolute atomic E-state index is 0.0222. The number of hydrogen-bond acceptors (Lipinski definition) is 4. The zero-order valence-corrected chi connectivity index (χ0v) is 26.3. The van der Waals surface area contributed by atoms with E-state index in [0.717, 1.165) is 16.9 Å². The van der Waals surface area contributed by atoms with Gasteiger partial charge in [0.15, 0.2) is 0 Å². The third-order valence-electron chi connectivity index (χ3n) is 7.51. The molecule has 1 unspecified atom stereocenters. The summed E-state index contributed by atoms with van der Waals surface area (Å²) in [6.45, 7) is 12.4. The molecule has 0 saturated carbocycles. The van der Waals surface area contributed by atoms with E-state index in [4.69, 9.17) is 4.43 Å². The third kappa shape index (κ3) is 7.74. The third-order valence-corrected chi connectivity index (χ3v) is 14.0. The van der Waals surface area contributed by atoms with Gasteiger partial charge in [-0.15, -0.1) is 11.8 Å². The van der Waals surface area contributed by atoms with E-state index in [1.165, 1.54) is 4.90 Å². The van der Waals surface area contributed by atoms with Gasteiger partial charge in [0.2, 0.25) is 8.32 Å². The lowest BCUT2D eigenvalue weighted by atomic mass is 10.2. The van der Waals surface area contributed by atoms with Crippen LogP contribution in [0.3, 0.4) is 0 Å². The largest absolute Gasteiger partial charge is 0.548 e. The molecule has 4 rings (SSSR count). The number of hydrogen-bond donors (Lipinski definition) is 0. The van der Waals surface area contributed by atoms with Gasteiger partial charge in [-0.05, 0) is 41.4 Å². The van der Waals surface area contributed by atoms with Gasteiger partial charge >= 0.3 is 6.03 Å². The molecule has 1 saturated heterocycles. The summed E-state index contributed by atoms with van der Waals surface area (Å²) in [7, 11) is -1.86. The molecule has 0 aliphatic carbocycles. The molecule has 39 heavy (non-hydrogen) atoms. The smallest absolute Gasteiger partial charge is 0.321 e. The molecular formula is C32H40N2O2S2Si. The first kappa shape index (κ1) is 29.4. The van der Waals surface area contributed by atoms with Crippen molar-refractivity contribution in [1.29, 1.82) is 0 Å². The van der Waals surface area contributed by atoms with Crippen LogP contribution in [0, 0.1) is 0 Å². The zero-order valence-electron chi connectivity index (χ0n) is 23.6. The van der Waals surface area contributed by atoms with Crippen molar-refractivity contribution < 1.29 is 9.22 Å². The fourth-order valence-corrected chi connectivity index (χ4v) is 7.27. The first-order valence-corrected chi connectivity index (χ1v) is 18.3. The normalized spacial score (nSPS) is 18.2. The number of urea groups is 1. The van der Waals surface area contributed by atoms with E-state index in [-0.39, 0.29) is 22.5 Å². The zero-order chi connectivity index (χ0) is 27.9. The minimum atomic E-state index is -1.86. The van der Waals surface area contributed by atoms with Gasteiger partial charge in [0.05, 0.1) is 12.3 Å². The van der Waals surface area contributed by atoms with Gasteiger partial charge in [-0.2, -0.15) is 0 Å². The molecule has 2 atom stereocenters. The second-order valence-corrected chi connectivity index (χ2v) is 18.3. The van der Waals surface area contributed by atoms with Crippen LogP contribution in [0.2, 0.25) is 18.1 Å². The summed E-state index contributed by atoms with van der Waals surface area (Å²) in [6, 6.07) is 31.1. The molecular weight excluding hydrogens is 537 g/mol. The summed E-state index contributed by atoms with van der Waals surface area (Å²) in [5.41, 5.74) is 2.28. The van der Waals surface area contributed by atoms with Crippen LogP contribution in [0.25, 0.3) is 0 Å². The molecule has 1 heterocycles. The van der Waals surface area contributed by atoms with E-state index in [1.54, 1.807) is 23.5 Å². The predicted molar refractivity (Wildman–Crippen MR) is 169 cm³/mol. The van der Waals surface area contributed by atoms with E-state index in [1.807, 2.05) is 48.7 Å². The summed E-state index contributed by atoms with van der Waals surface area (Å²) >= 11 is 3.50. The highest BCUT2D eigenvalue weighted by Gasteiger charge is 2.46. The van der Waals surface area contributed by atoms with Gasteiger partial charge in [0.1, 0.15) is 5.37 Å². The monoisotopic (exact) mass is 576 g/mol. The Kier molecular flexibility index (Phi) is 9.91. The van der Waals surface area contributed by atoms with Crippen LogP contribution in [0.15, 0.2) is 108 Å². The number of amides is 2. The number of nitrogens with zero attached hydrogens (tertiary/aromatic N) is 2. The Hall–Kier alpha value is -2.61. The number of benzene rings is 3. The summed E-state index contributed by atoms with van der Waals surface area (Å²) in [5, 5.41) is 2.20. The lowest BCUT2D eigenvalue weighted by molar-refractivity contribution is 0.184. The second kappa shape index (κ2) is 13.2. The predicted octanol–water partition coefficient (Wildman–Crippen LogP) is 8.84. The summed E-state index contributed by atoms with van der Waals surface area (Å²) in [4.78, 5) is 19.3. The van der Waals surface area contributed by atoms with E-state index < -0.39 is 8.32 Å². The van der Waals surface area contributed by atoms with Crippen molar-refractivity contribution in [3.05, 3.63) is 114 Å². The molecule has 3 aromatic rings. The Bertz CT molecular complexity index is 1220. The van der Waals surface area contributed by atoms with Crippen molar-refractivity contribution in [2.75, 3.05) is 5.75 Å². The SMILES string of the molecule is CC(C)(C)[Si](C)(C)O/C=C\SC[C@H]1C(Sc2ccccc2)N(Cc2ccccc2)C(=O)N1Cc1ccccc1. The molecule has 0 spiro atoms. The summed E-state index contributed by atoms with van der Waals surface area (Å²) in [6.07, 6.45) is 1.88. The molecule has 7 heteroatoms. The topological polar surface area (TPSA) is 32.8 Å². The summed E-state index contributed by atoms with van der Waals surface area (Å²) < 4.78 is 6.27. The number of carbonyl (C=O) groups excluding carboxylic acids is 1. The van der Waals surface area contributed by atoms with Gasteiger partial charge in [-0.3, -0.25) is 0 Å². The van der Waals surface area contributed by atoms with Crippen LogP contribution >= 0.6 is 23.5 Å². The fourth-order valence-electron chi connectivity index (χ4n) is 4.20. The Morgan fingerprint density at radius 1 is 0.821 bits per heavy atom. The van der Waals surface area contributed by atoms with Crippen molar-refractivity contribution in [3.63, 3.8) is 0 Å². The average Bonchev–Trinajstić information content (AvgIpc) is 3.14. The molecule has 0 radical (unpaired) electrons. The molecule has 0 aromatic heterocycles. The Morgan fingerprint density at radius 2 is 1.33 bits per heavy atom. The van der Waals surface area contributed by atoms with E-state index >= 15 is 0 Å². The molecule has 1 aliphatic heterocycles. The van der Waals surface area contributed by atoms with Crippen LogP contribution in [-0.4, -0.2) is 41.3 Å². The van der Waals surface area contributed by atoms with Crippen molar-refractivity contribution in [2.24, 2.45) is 0 Å². The molecule has 1 aliphatic rings. The Labute approximate surface area is 244 Å². The van der Waals surface area contributed by atoms with E-state index in [0.29, 0.717) is 13.1 Å². The highest BCUT2D eigenvalue weighted by molar-refractivity contribution is 8.02. The highest BCUT2D eigenvalue weighted by Crippen LogP contribution is 2.39. The lowest BCUT2D eigenvalue weighted by Crippen LogP contribution is -2.39. The fraction of sp³-hybridized carbons (Fsp3) is 0.344. The number of rotatable bonds is 11.